The lowest BCUT2D eigenvalue weighted by Gasteiger charge is -2.47. The van der Waals surface area contributed by atoms with Gasteiger partial charge in [0.15, 0.2) is 5.69 Å². The normalized spacial score (nSPS) is 19.1. The molecule has 5 amide bonds. The number of primary amides is 2. The Bertz CT molecular complexity index is 1380. The second-order valence-electron chi connectivity index (χ2n) is 9.00. The molecule has 0 saturated heterocycles. The molecule has 1 aliphatic heterocycles. The van der Waals surface area contributed by atoms with E-state index in [4.69, 9.17) is 16.2 Å². The summed E-state index contributed by atoms with van der Waals surface area (Å²) in [6.45, 7) is 3.36. The zero-order chi connectivity index (χ0) is 27.0. The summed E-state index contributed by atoms with van der Waals surface area (Å²) >= 11 is 0. The van der Waals surface area contributed by atoms with Crippen molar-refractivity contribution in [1.82, 2.24) is 9.47 Å². The largest absolute Gasteiger partial charge is 0.497 e. The zero-order valence-corrected chi connectivity index (χ0v) is 20.8. The van der Waals surface area contributed by atoms with Crippen LogP contribution in [-0.2, 0) is 19.9 Å². The maximum atomic E-state index is 14.3. The maximum absolute atomic E-state index is 14.3. The Balaban J connectivity index is 2.18. The minimum Gasteiger partial charge on any atom is -0.497 e. The predicted molar refractivity (Wildman–Crippen MR) is 138 cm³/mol. The number of ether oxygens (including phenoxy) is 1. The van der Waals surface area contributed by atoms with Crippen LogP contribution in [0, 0.1) is 5.92 Å². The van der Waals surface area contributed by atoms with Gasteiger partial charge in [0.25, 0.3) is 5.91 Å². The van der Waals surface area contributed by atoms with Crippen LogP contribution < -0.4 is 25.6 Å². The van der Waals surface area contributed by atoms with E-state index in [0.717, 1.165) is 0 Å². The van der Waals surface area contributed by atoms with Crippen LogP contribution in [0.4, 0.5) is 22.0 Å². The number of methoxy groups -OCH3 is 1. The highest BCUT2D eigenvalue weighted by Crippen LogP contribution is 2.52. The number of fused-ring (bicyclic) bond motifs is 1. The number of quaternary nitrogens is 1. The number of pyridine rings is 1. The van der Waals surface area contributed by atoms with Crippen molar-refractivity contribution < 1.29 is 23.9 Å². The van der Waals surface area contributed by atoms with Crippen LogP contribution in [0.15, 0.2) is 72.9 Å². The molecule has 0 saturated carbocycles. The molecule has 0 aliphatic carbocycles. The number of amides is 5. The number of hydrogen-bond donors (Lipinski definition) is 2. The predicted octanol–water partition coefficient (Wildman–Crippen LogP) is 3.11. The van der Waals surface area contributed by atoms with E-state index >= 15 is 0 Å². The van der Waals surface area contributed by atoms with E-state index in [1.165, 1.54) is 24.3 Å². The smallest absolute Gasteiger partial charge is 0.427 e. The Kier molecular flexibility index (Phi) is 6.53. The molecule has 1 aliphatic rings. The monoisotopic (exact) mass is 502 g/mol. The third-order valence-electron chi connectivity index (χ3n) is 6.89. The Morgan fingerprint density at radius 1 is 1.00 bits per heavy atom. The number of rotatable bonds is 6. The fourth-order valence-corrected chi connectivity index (χ4v) is 5.42. The van der Waals surface area contributed by atoms with Crippen LogP contribution in [0.25, 0.3) is 0 Å². The lowest BCUT2D eigenvalue weighted by Crippen LogP contribution is -2.77. The number of nitrogens with zero attached hydrogens (tertiary/aromatic N) is 3. The summed E-state index contributed by atoms with van der Waals surface area (Å²) in [5, 5.41) is 0. The van der Waals surface area contributed by atoms with Gasteiger partial charge in [0.05, 0.1) is 7.11 Å². The lowest BCUT2D eigenvalue weighted by atomic mass is 9.74. The average Bonchev–Trinajstić information content (AvgIpc) is 2.97. The molecule has 37 heavy (non-hydrogen) atoms. The Labute approximate surface area is 214 Å². The molecular formula is C27H28N5O5+. The van der Waals surface area contributed by atoms with Gasteiger partial charge in [0.2, 0.25) is 11.4 Å². The zero-order valence-electron chi connectivity index (χ0n) is 20.8. The molecule has 2 aromatic carbocycles. The van der Waals surface area contributed by atoms with Crippen LogP contribution in [0.5, 0.6) is 5.75 Å². The van der Waals surface area contributed by atoms with Gasteiger partial charge in [-0.05, 0) is 42.5 Å². The minimum atomic E-state index is -2.01. The summed E-state index contributed by atoms with van der Waals surface area (Å²) in [5.74, 6) is -2.44. The van der Waals surface area contributed by atoms with Crippen LogP contribution in [0.3, 0.4) is 0 Å². The molecule has 0 radical (unpaired) electrons. The summed E-state index contributed by atoms with van der Waals surface area (Å²) in [7, 11) is 1.49. The fraction of sp³-hybridized carbons (Fsp3) is 0.222. The highest BCUT2D eigenvalue weighted by Gasteiger charge is 2.70. The van der Waals surface area contributed by atoms with Gasteiger partial charge in [-0.1, -0.05) is 32.0 Å². The Morgan fingerprint density at radius 2 is 1.65 bits per heavy atom. The van der Waals surface area contributed by atoms with Crippen molar-refractivity contribution in [2.45, 2.75) is 25.8 Å². The summed E-state index contributed by atoms with van der Waals surface area (Å²) < 4.78 is 3.95. The number of hydrogen-bond acceptors (Lipinski definition) is 6. The van der Waals surface area contributed by atoms with Crippen molar-refractivity contribution in [3.8, 4) is 5.75 Å². The summed E-state index contributed by atoms with van der Waals surface area (Å²) in [5.41, 5.74) is 10.7. The van der Waals surface area contributed by atoms with E-state index in [-0.39, 0.29) is 22.8 Å². The number of urea groups is 1. The molecule has 2 unspecified atom stereocenters. The molecular weight excluding hydrogens is 474 g/mol. The van der Waals surface area contributed by atoms with Crippen molar-refractivity contribution in [2.75, 3.05) is 12.0 Å². The van der Waals surface area contributed by atoms with Crippen LogP contribution in [0.1, 0.15) is 25.8 Å². The second kappa shape index (κ2) is 9.47. The van der Waals surface area contributed by atoms with Crippen molar-refractivity contribution in [3.05, 3.63) is 78.5 Å². The second-order valence-corrected chi connectivity index (χ2v) is 9.00. The third kappa shape index (κ3) is 3.56. The quantitative estimate of drug-likeness (QED) is 0.391. The van der Waals surface area contributed by atoms with E-state index in [9.17, 15) is 19.2 Å². The van der Waals surface area contributed by atoms with E-state index in [2.05, 4.69) is 4.98 Å². The Hall–Kier alpha value is -4.57. The molecule has 0 fully saturated rings. The highest BCUT2D eigenvalue weighted by molar-refractivity contribution is 6.24. The van der Waals surface area contributed by atoms with Crippen molar-refractivity contribution in [1.29, 1.82) is 0 Å². The van der Waals surface area contributed by atoms with Gasteiger partial charge >= 0.3 is 11.9 Å². The first kappa shape index (κ1) is 25.5. The molecule has 2 atom stereocenters. The van der Waals surface area contributed by atoms with E-state index in [1.54, 1.807) is 74.5 Å². The van der Waals surface area contributed by atoms with Crippen molar-refractivity contribution >= 4 is 40.9 Å². The van der Waals surface area contributed by atoms with Gasteiger partial charge < -0.3 is 16.2 Å². The molecule has 4 N–H and O–H groups in total. The molecule has 10 nitrogen and oxygen atoms in total. The number of imide groups is 1. The topological polar surface area (TPSA) is 146 Å². The average molecular weight is 503 g/mol. The summed E-state index contributed by atoms with van der Waals surface area (Å²) in [6.07, 6.45) is 0.777. The first-order valence-electron chi connectivity index (χ1n) is 11.6. The maximum Gasteiger partial charge on any atom is 0.427 e. The molecule has 4 rings (SSSR count). The highest BCUT2D eigenvalue weighted by atomic mass is 16.5. The molecule has 190 valence electrons. The third-order valence-corrected chi connectivity index (χ3v) is 6.89. The lowest BCUT2D eigenvalue weighted by molar-refractivity contribution is -0.145. The van der Waals surface area contributed by atoms with E-state index in [0.29, 0.717) is 5.75 Å². The standard InChI is InChI=1S/C27H27N5O5/c1-17(2)27(25(28)35,18-11-13-19(37-3)14-12-18)32(26(29)36)21-9-5-4-8-20(21)31(23(33)16-24(32)34)22-10-6-7-15-30-22/h4-15,17H,16H2,1-3H3,(H3-,28,29,35,36)/p+1. The van der Waals surface area contributed by atoms with Gasteiger partial charge in [-0.25, -0.2) is 14.6 Å². The van der Waals surface area contributed by atoms with Gasteiger partial charge in [-0.3, -0.25) is 14.5 Å². The summed E-state index contributed by atoms with van der Waals surface area (Å²) in [4.78, 5) is 60.7. The number of anilines is 2. The summed E-state index contributed by atoms with van der Waals surface area (Å²) in [6, 6.07) is 16.6. The minimum absolute atomic E-state index is 0.0415. The number of para-hydroxylation sites is 2. The fourth-order valence-electron chi connectivity index (χ4n) is 5.42. The first-order valence-corrected chi connectivity index (χ1v) is 11.6. The van der Waals surface area contributed by atoms with Crippen LogP contribution in [-0.4, -0.2) is 35.8 Å². The molecule has 10 heteroatoms. The van der Waals surface area contributed by atoms with Crippen molar-refractivity contribution in [2.24, 2.45) is 17.4 Å². The van der Waals surface area contributed by atoms with Gasteiger partial charge in [-0.2, -0.15) is 0 Å². The number of aromatic nitrogens is 1. The molecule has 2 heterocycles. The molecule has 0 spiro atoms. The van der Waals surface area contributed by atoms with E-state index in [1.807, 2.05) is 0 Å². The van der Waals surface area contributed by atoms with Crippen LogP contribution in [0.2, 0.25) is 0 Å². The van der Waals surface area contributed by atoms with Gasteiger partial charge in [-0.15, -0.1) is 4.48 Å². The van der Waals surface area contributed by atoms with Gasteiger partial charge in [0.1, 0.15) is 23.7 Å². The molecule has 3 aromatic rings. The van der Waals surface area contributed by atoms with E-state index < -0.39 is 46.1 Å². The molecule has 1 aromatic heterocycles. The number of carbonyl (C=O) groups excluding carboxylic acids is 4. The SMILES string of the molecule is COc1ccc(C(C(N)=O)(C(C)C)[N+]2(C(N)=O)C(=O)CC(=O)N(c3ccccn3)c3ccccc32)cc1. The first-order chi connectivity index (χ1) is 17.6. The number of nitrogens with two attached hydrogens (primary N) is 2. The number of carbonyl (C=O) groups is 4. The van der Waals surface area contributed by atoms with Crippen LogP contribution >= 0.6 is 0 Å². The Morgan fingerprint density at radius 3 is 2.19 bits per heavy atom. The number of benzene rings is 2. The van der Waals surface area contributed by atoms with Gasteiger partial charge in [0, 0.05) is 23.7 Å². The van der Waals surface area contributed by atoms with Crippen molar-refractivity contribution in [3.63, 3.8) is 0 Å². The molecule has 0 bridgehead atoms.